The second kappa shape index (κ2) is 17.6. The van der Waals surface area contributed by atoms with Crippen LogP contribution in [-0.2, 0) is 14.8 Å². The van der Waals surface area contributed by atoms with E-state index in [1.165, 1.54) is 29.0 Å². The van der Waals surface area contributed by atoms with E-state index in [0.29, 0.717) is 23.0 Å². The van der Waals surface area contributed by atoms with E-state index in [1.54, 1.807) is 24.4 Å². The minimum absolute atomic E-state index is 0.0595. The number of alkyl halides is 1. The number of hydrogen-bond donors (Lipinski definition) is 2. The van der Waals surface area contributed by atoms with Gasteiger partial charge in [0.05, 0.1) is 21.6 Å². The van der Waals surface area contributed by atoms with Crippen molar-refractivity contribution in [1.29, 1.82) is 0 Å². The number of halogens is 2. The Morgan fingerprint density at radius 2 is 1.79 bits per heavy atom. The van der Waals surface area contributed by atoms with E-state index >= 15 is 4.39 Å². The van der Waals surface area contributed by atoms with Gasteiger partial charge in [0.1, 0.15) is 29.4 Å². The molecule has 2 aromatic heterocycles. The highest BCUT2D eigenvalue weighted by molar-refractivity contribution is 7.90. The number of pyridine rings is 1. The number of sulfonamides is 1. The summed E-state index contributed by atoms with van der Waals surface area (Å²) in [6, 6.07) is 19.6. The Morgan fingerprint density at radius 3 is 2.53 bits per heavy atom. The molecule has 62 heavy (non-hydrogen) atoms. The molecule has 13 nitrogen and oxygen atoms in total. The number of aromatic nitrogens is 2. The molecule has 8 rings (SSSR count). The van der Waals surface area contributed by atoms with Crippen LogP contribution in [0, 0.1) is 15.5 Å². The average molecular weight is 884 g/mol. The highest BCUT2D eigenvalue weighted by Crippen LogP contribution is 2.44. The smallest absolute Gasteiger partial charge is 0.312 e. The maximum atomic E-state index is 15.2. The fourth-order valence-corrected chi connectivity index (χ4v) is 9.31. The minimum atomic E-state index is -4.67. The molecule has 1 fully saturated rings. The lowest BCUT2D eigenvalue weighted by atomic mass is 9.72. The Hall–Kier alpha value is -5.61. The summed E-state index contributed by atoms with van der Waals surface area (Å²) >= 11 is 6.23. The molecule has 1 aliphatic carbocycles. The second-order valence-corrected chi connectivity index (χ2v) is 19.0. The molecule has 0 saturated carbocycles. The third kappa shape index (κ3) is 9.86. The van der Waals surface area contributed by atoms with Crippen LogP contribution in [0.25, 0.3) is 22.2 Å². The summed E-state index contributed by atoms with van der Waals surface area (Å²) in [5, 5.41) is 13.5. The zero-order valence-electron chi connectivity index (χ0n) is 34.4. The summed E-state index contributed by atoms with van der Waals surface area (Å²) < 4.78 is 61.4. The molecular formula is C46H47ClFN5O8S. The molecule has 3 aliphatic rings. The quantitative estimate of drug-likeness (QED) is 0.0859. The zero-order valence-corrected chi connectivity index (χ0v) is 36.0. The number of aromatic amines is 1. The maximum Gasteiger partial charge on any atom is 0.312 e. The standard InChI is InChI=1S/C46H47ClFN5O8S/c1-45(2)15-11-34(39(26-45)31-3-6-35(47)7-4-31)28-52-19-13-30(14-20-52)32-5-9-38(42(24-32)61-36-23-33-12-18-49-43(33)50-27-36)44(54)51-62(57,58)37-8-10-41(40(25-37)53(55)56)60-29-46(48)16-21-59-22-17-46/h3-10,12-13,18,23-25,27H,11,14-17,19-22,26,28-29H2,1-2H3,(H,49,50)(H,51,54). The number of allylic oxidation sites excluding steroid dienone is 1. The number of fused-ring (bicyclic) bond motifs is 1. The van der Waals surface area contributed by atoms with Gasteiger partial charge in [0.15, 0.2) is 5.75 Å². The predicted octanol–water partition coefficient (Wildman–Crippen LogP) is 9.69. The van der Waals surface area contributed by atoms with Gasteiger partial charge in [0.25, 0.3) is 15.9 Å². The van der Waals surface area contributed by atoms with Crippen LogP contribution in [0.2, 0.25) is 5.02 Å². The van der Waals surface area contributed by atoms with Crippen molar-refractivity contribution in [3.63, 3.8) is 0 Å². The third-order valence-electron chi connectivity index (χ3n) is 11.8. The molecule has 1 saturated heterocycles. The first-order chi connectivity index (χ1) is 29.6. The van der Waals surface area contributed by atoms with E-state index in [2.05, 4.69) is 46.9 Å². The van der Waals surface area contributed by atoms with E-state index in [-0.39, 0.29) is 48.5 Å². The summed E-state index contributed by atoms with van der Waals surface area (Å²) in [5.74, 6) is -0.924. The van der Waals surface area contributed by atoms with Crippen LogP contribution >= 0.6 is 11.6 Å². The van der Waals surface area contributed by atoms with Crippen LogP contribution in [0.1, 0.15) is 73.9 Å². The molecule has 4 heterocycles. The predicted molar refractivity (Wildman–Crippen MR) is 235 cm³/mol. The summed E-state index contributed by atoms with van der Waals surface area (Å²) in [6.45, 7) is 6.91. The van der Waals surface area contributed by atoms with Crippen molar-refractivity contribution >= 4 is 55.4 Å². The van der Waals surface area contributed by atoms with Crippen LogP contribution in [0.3, 0.4) is 0 Å². The molecular weight excluding hydrogens is 837 g/mol. The lowest BCUT2D eigenvalue weighted by Gasteiger charge is -2.36. The van der Waals surface area contributed by atoms with Gasteiger partial charge in [-0.15, -0.1) is 0 Å². The van der Waals surface area contributed by atoms with Crippen molar-refractivity contribution in [3.8, 4) is 17.2 Å². The number of nitrogens with one attached hydrogen (secondary N) is 2. The fourth-order valence-electron chi connectivity index (χ4n) is 8.20. The third-order valence-corrected chi connectivity index (χ3v) is 13.4. The largest absolute Gasteiger partial charge is 0.483 e. The highest BCUT2D eigenvalue weighted by Gasteiger charge is 2.35. The zero-order chi connectivity index (χ0) is 43.6. The van der Waals surface area contributed by atoms with Gasteiger partial charge in [0.2, 0.25) is 0 Å². The number of amides is 1. The van der Waals surface area contributed by atoms with Crippen molar-refractivity contribution in [2.75, 3.05) is 39.5 Å². The number of nitrogens with zero attached hydrogens (tertiary/aromatic N) is 3. The minimum Gasteiger partial charge on any atom is -0.483 e. The van der Waals surface area contributed by atoms with Gasteiger partial charge in [-0.1, -0.05) is 55.3 Å². The maximum absolute atomic E-state index is 15.2. The molecule has 324 valence electrons. The molecule has 5 aromatic rings. The van der Waals surface area contributed by atoms with Crippen LogP contribution in [0.4, 0.5) is 10.1 Å². The first kappa shape index (κ1) is 43.1. The molecule has 0 bridgehead atoms. The van der Waals surface area contributed by atoms with E-state index in [9.17, 15) is 23.3 Å². The number of hydrogen-bond acceptors (Lipinski definition) is 10. The van der Waals surface area contributed by atoms with E-state index in [0.717, 1.165) is 73.5 Å². The first-order valence-electron chi connectivity index (χ1n) is 20.5. The number of H-pyrrole nitrogens is 1. The van der Waals surface area contributed by atoms with Gasteiger partial charge in [-0.2, -0.15) is 0 Å². The number of ether oxygens (including phenoxy) is 3. The Balaban J connectivity index is 1.03. The molecule has 16 heteroatoms. The number of benzene rings is 3. The number of nitro groups is 1. The summed E-state index contributed by atoms with van der Waals surface area (Å²) in [4.78, 5) is 34.4. The van der Waals surface area contributed by atoms with Crippen molar-refractivity contribution in [3.05, 3.63) is 129 Å². The van der Waals surface area contributed by atoms with E-state index in [4.69, 9.17) is 25.8 Å². The molecule has 0 radical (unpaired) electrons. The highest BCUT2D eigenvalue weighted by atomic mass is 35.5. The molecule has 0 unspecified atom stereocenters. The number of nitro benzene ring substituents is 1. The monoisotopic (exact) mass is 883 g/mol. The summed E-state index contributed by atoms with van der Waals surface area (Å²) in [5.41, 5.74) is 4.20. The molecule has 1 amide bonds. The Morgan fingerprint density at radius 1 is 1.02 bits per heavy atom. The topological polar surface area (TPSA) is 166 Å². The van der Waals surface area contributed by atoms with Crippen molar-refractivity contribution in [2.24, 2.45) is 5.41 Å². The van der Waals surface area contributed by atoms with Gasteiger partial charge < -0.3 is 19.2 Å². The van der Waals surface area contributed by atoms with Crippen molar-refractivity contribution < 1.29 is 36.7 Å². The summed E-state index contributed by atoms with van der Waals surface area (Å²) in [6.07, 6.45) is 9.39. The fraction of sp³-hybridized carbons (Fsp3) is 0.348. The van der Waals surface area contributed by atoms with Crippen LogP contribution in [0.15, 0.2) is 102 Å². The Kier molecular flexibility index (Phi) is 12.2. The van der Waals surface area contributed by atoms with Crippen LogP contribution < -0.4 is 14.2 Å². The first-order valence-corrected chi connectivity index (χ1v) is 22.4. The molecule has 0 atom stereocenters. The average Bonchev–Trinajstić information content (AvgIpc) is 3.72. The molecule has 2 N–H and O–H groups in total. The van der Waals surface area contributed by atoms with Gasteiger partial charge in [-0.3, -0.25) is 19.8 Å². The van der Waals surface area contributed by atoms with Gasteiger partial charge in [0, 0.05) is 68.4 Å². The van der Waals surface area contributed by atoms with Gasteiger partial charge in [-0.25, -0.2) is 22.5 Å². The van der Waals surface area contributed by atoms with Crippen molar-refractivity contribution in [1.82, 2.24) is 19.6 Å². The van der Waals surface area contributed by atoms with Gasteiger partial charge >= 0.3 is 5.69 Å². The lowest BCUT2D eigenvalue weighted by molar-refractivity contribution is -0.386. The number of carbonyl (C=O) groups excluding carboxylic acids is 1. The Labute approximate surface area is 364 Å². The van der Waals surface area contributed by atoms with Crippen LogP contribution in [0.5, 0.6) is 17.2 Å². The van der Waals surface area contributed by atoms with Crippen molar-refractivity contribution in [2.45, 2.75) is 62.9 Å². The lowest BCUT2D eigenvalue weighted by Crippen LogP contribution is -2.37. The molecule has 2 aliphatic heterocycles. The molecule has 3 aromatic carbocycles. The number of rotatable bonds is 13. The summed E-state index contributed by atoms with van der Waals surface area (Å²) in [7, 11) is -4.67. The van der Waals surface area contributed by atoms with Crippen LogP contribution in [-0.4, -0.2) is 79.2 Å². The number of carbonyl (C=O) groups is 1. The SMILES string of the molecule is CC1(C)CCC(CN2CC=C(c3ccc(C(=O)NS(=O)(=O)c4ccc(OCC5(F)CCOCC5)c([N+](=O)[O-])c4)c(Oc4cnc5[nH]ccc5c4)c3)CC2)=C(c2ccc(Cl)cc2)C1. The second-order valence-electron chi connectivity index (χ2n) is 16.9. The molecule has 0 spiro atoms. The van der Waals surface area contributed by atoms with E-state index in [1.807, 2.05) is 22.9 Å². The normalized spacial score (nSPS) is 18.0. The van der Waals surface area contributed by atoms with Gasteiger partial charge in [-0.05, 0) is 102 Å². The van der Waals surface area contributed by atoms with E-state index < -0.39 is 43.7 Å². The Bertz CT molecular complexity index is 2690.